The predicted molar refractivity (Wildman–Crippen MR) is 66.1 cm³/mol. The number of alkyl halides is 4. The minimum absolute atomic E-state index is 0.00807. The number of hydrogen-bond donors (Lipinski definition) is 0. The van der Waals surface area contributed by atoms with Gasteiger partial charge in [-0.2, -0.15) is 8.78 Å². The van der Waals surface area contributed by atoms with Gasteiger partial charge in [-0.15, -0.1) is 0 Å². The van der Waals surface area contributed by atoms with Gasteiger partial charge >= 0.3 is 17.8 Å². The van der Waals surface area contributed by atoms with Crippen molar-refractivity contribution in [1.82, 2.24) is 0 Å². The molecule has 0 saturated carbocycles. The molecule has 0 saturated heterocycles. The zero-order chi connectivity index (χ0) is 16.1. The molecule has 118 valence electrons. The molecule has 0 aliphatic carbocycles. The molecule has 0 aromatic heterocycles. The number of carbonyl (C=O) groups is 1. The van der Waals surface area contributed by atoms with Crippen LogP contribution >= 0.6 is 0 Å². The van der Waals surface area contributed by atoms with Gasteiger partial charge in [-0.25, -0.2) is 18.0 Å². The number of hydrogen-bond acceptors (Lipinski definition) is 2. The Morgan fingerprint density at radius 1 is 1.14 bits per heavy atom. The van der Waals surface area contributed by atoms with E-state index in [2.05, 4.69) is 0 Å². The molecule has 21 heavy (non-hydrogen) atoms. The van der Waals surface area contributed by atoms with Crippen LogP contribution in [0.2, 0.25) is 0 Å². The third kappa shape index (κ3) is 4.99. The molecule has 0 amide bonds. The van der Waals surface area contributed by atoms with E-state index in [1.165, 1.54) is 18.2 Å². The first-order chi connectivity index (χ1) is 9.65. The van der Waals surface area contributed by atoms with Crippen LogP contribution in [0.4, 0.5) is 22.0 Å². The van der Waals surface area contributed by atoms with Crippen molar-refractivity contribution in [2.45, 2.75) is 38.0 Å². The van der Waals surface area contributed by atoms with Crippen molar-refractivity contribution >= 4 is 5.97 Å². The number of unbranched alkanes of at least 4 members (excludes halogenated alkanes) is 1. The lowest BCUT2D eigenvalue weighted by atomic mass is 10.1. The van der Waals surface area contributed by atoms with E-state index in [1.54, 1.807) is 0 Å². The van der Waals surface area contributed by atoms with Gasteiger partial charge in [0.05, 0.1) is 12.2 Å². The van der Waals surface area contributed by atoms with E-state index in [0.717, 1.165) is 6.07 Å². The van der Waals surface area contributed by atoms with Crippen molar-refractivity contribution in [1.29, 1.82) is 0 Å². The third-order valence-corrected chi connectivity index (χ3v) is 2.85. The van der Waals surface area contributed by atoms with E-state index in [0.29, 0.717) is 0 Å². The Labute approximate surface area is 118 Å². The summed E-state index contributed by atoms with van der Waals surface area (Å²) in [4.78, 5) is 11.5. The van der Waals surface area contributed by atoms with E-state index < -0.39 is 30.1 Å². The molecule has 0 bridgehead atoms. The standard InChI is InChI=1S/C14H15F5O2/c1-13(16,17)14(18,19)8-4-5-9-21-12(20)10-6-2-3-7-11(10)15/h2-3,6-7H,4-5,8-9H2,1H3. The summed E-state index contributed by atoms with van der Waals surface area (Å²) in [6, 6.07) is 5.16. The van der Waals surface area contributed by atoms with Gasteiger partial charge in [0, 0.05) is 13.3 Å². The van der Waals surface area contributed by atoms with Gasteiger partial charge in [-0.1, -0.05) is 12.1 Å². The number of rotatable bonds is 7. The van der Waals surface area contributed by atoms with Gasteiger partial charge < -0.3 is 4.74 Å². The lowest BCUT2D eigenvalue weighted by molar-refractivity contribution is -0.201. The fraction of sp³-hybridized carbons (Fsp3) is 0.500. The molecule has 0 aliphatic heterocycles. The summed E-state index contributed by atoms with van der Waals surface area (Å²) in [5.74, 6) is -9.85. The van der Waals surface area contributed by atoms with Gasteiger partial charge in [0.1, 0.15) is 5.82 Å². The largest absolute Gasteiger partial charge is 0.462 e. The molecule has 0 aliphatic rings. The molecule has 0 radical (unpaired) electrons. The highest BCUT2D eigenvalue weighted by Gasteiger charge is 2.51. The molecule has 2 nitrogen and oxygen atoms in total. The Hall–Kier alpha value is -1.66. The van der Waals surface area contributed by atoms with Crippen LogP contribution in [0, 0.1) is 5.82 Å². The van der Waals surface area contributed by atoms with E-state index in [4.69, 9.17) is 4.74 Å². The summed E-state index contributed by atoms with van der Waals surface area (Å²) in [5, 5.41) is 0. The van der Waals surface area contributed by atoms with Crippen molar-refractivity contribution in [2.75, 3.05) is 6.61 Å². The summed E-state index contributed by atoms with van der Waals surface area (Å²) in [7, 11) is 0. The Bertz CT molecular complexity index is 482. The van der Waals surface area contributed by atoms with Crippen LogP contribution in [0.5, 0.6) is 0 Å². The average Bonchev–Trinajstić information content (AvgIpc) is 2.37. The zero-order valence-corrected chi connectivity index (χ0v) is 11.3. The molecule has 1 rings (SSSR count). The Balaban J connectivity index is 2.33. The minimum atomic E-state index is -4.09. The molecule has 0 N–H and O–H groups in total. The second-order valence-corrected chi connectivity index (χ2v) is 4.67. The fourth-order valence-corrected chi connectivity index (χ4v) is 1.54. The first-order valence-electron chi connectivity index (χ1n) is 6.32. The predicted octanol–water partition coefficient (Wildman–Crippen LogP) is 4.44. The molecular formula is C14H15F5O2. The normalized spacial score (nSPS) is 12.3. The van der Waals surface area contributed by atoms with Crippen LogP contribution in [0.15, 0.2) is 24.3 Å². The number of benzene rings is 1. The Morgan fingerprint density at radius 2 is 1.76 bits per heavy atom. The van der Waals surface area contributed by atoms with Gasteiger partial charge in [-0.05, 0) is 25.0 Å². The first-order valence-corrected chi connectivity index (χ1v) is 6.32. The molecule has 0 heterocycles. The van der Waals surface area contributed by atoms with Crippen molar-refractivity contribution < 1.29 is 31.5 Å². The molecule has 0 spiro atoms. The summed E-state index contributed by atoms with van der Waals surface area (Å²) in [5.41, 5.74) is -0.261. The third-order valence-electron chi connectivity index (χ3n) is 2.85. The second kappa shape index (κ2) is 6.87. The number of ether oxygens (including phenoxy) is 1. The van der Waals surface area contributed by atoms with E-state index in [1.807, 2.05) is 0 Å². The van der Waals surface area contributed by atoms with Gasteiger partial charge in [-0.3, -0.25) is 0 Å². The minimum Gasteiger partial charge on any atom is -0.462 e. The number of halogens is 5. The number of carbonyl (C=O) groups excluding carboxylic acids is 1. The summed E-state index contributed by atoms with van der Waals surface area (Å²) in [6.45, 7) is -0.0796. The highest BCUT2D eigenvalue weighted by atomic mass is 19.3. The van der Waals surface area contributed by atoms with Crippen molar-refractivity contribution in [3.63, 3.8) is 0 Å². The topological polar surface area (TPSA) is 26.3 Å². The van der Waals surface area contributed by atoms with E-state index >= 15 is 0 Å². The molecule has 7 heteroatoms. The zero-order valence-electron chi connectivity index (χ0n) is 11.3. The van der Waals surface area contributed by atoms with Crippen LogP contribution < -0.4 is 0 Å². The van der Waals surface area contributed by atoms with E-state index in [-0.39, 0.29) is 31.9 Å². The van der Waals surface area contributed by atoms with Crippen molar-refractivity contribution in [3.05, 3.63) is 35.6 Å². The van der Waals surface area contributed by atoms with Crippen LogP contribution in [-0.4, -0.2) is 24.4 Å². The molecule has 0 atom stereocenters. The molecule has 1 aromatic rings. The van der Waals surface area contributed by atoms with Crippen LogP contribution in [-0.2, 0) is 4.74 Å². The first kappa shape index (κ1) is 17.4. The monoisotopic (exact) mass is 310 g/mol. The molecule has 0 fully saturated rings. The fourth-order valence-electron chi connectivity index (χ4n) is 1.54. The Morgan fingerprint density at radius 3 is 2.33 bits per heavy atom. The lowest BCUT2D eigenvalue weighted by Gasteiger charge is -2.22. The van der Waals surface area contributed by atoms with Gasteiger partial charge in [0.15, 0.2) is 0 Å². The maximum Gasteiger partial charge on any atom is 0.341 e. The smallest absolute Gasteiger partial charge is 0.341 e. The SMILES string of the molecule is CC(F)(F)C(F)(F)CCCCOC(=O)c1ccccc1F. The highest BCUT2D eigenvalue weighted by molar-refractivity contribution is 5.89. The molecule has 1 aromatic carbocycles. The van der Waals surface area contributed by atoms with Crippen molar-refractivity contribution in [2.24, 2.45) is 0 Å². The van der Waals surface area contributed by atoms with Gasteiger partial charge in [0.2, 0.25) is 0 Å². The van der Waals surface area contributed by atoms with Crippen molar-refractivity contribution in [3.8, 4) is 0 Å². The summed E-state index contributed by atoms with van der Waals surface area (Å²) < 4.78 is 68.8. The van der Waals surface area contributed by atoms with E-state index in [9.17, 15) is 26.7 Å². The Kier molecular flexibility index (Phi) is 5.69. The van der Waals surface area contributed by atoms with Crippen LogP contribution in [0.1, 0.15) is 36.5 Å². The quantitative estimate of drug-likeness (QED) is 0.423. The second-order valence-electron chi connectivity index (χ2n) is 4.67. The lowest BCUT2D eigenvalue weighted by Crippen LogP contribution is -2.37. The maximum absolute atomic E-state index is 13.2. The van der Waals surface area contributed by atoms with Crippen LogP contribution in [0.25, 0.3) is 0 Å². The van der Waals surface area contributed by atoms with Crippen LogP contribution in [0.3, 0.4) is 0 Å². The number of esters is 1. The summed E-state index contributed by atoms with van der Waals surface area (Å²) in [6.07, 6.45) is -1.25. The maximum atomic E-state index is 13.2. The molecular weight excluding hydrogens is 295 g/mol. The van der Waals surface area contributed by atoms with Gasteiger partial charge in [0.25, 0.3) is 0 Å². The summed E-state index contributed by atoms with van der Waals surface area (Å²) >= 11 is 0. The average molecular weight is 310 g/mol. The molecule has 0 unspecified atom stereocenters. The highest BCUT2D eigenvalue weighted by Crippen LogP contribution is 2.37.